The number of para-hydroxylation sites is 1. The average molecular weight is 505 g/mol. The molecule has 5 rings (SSSR count). The van der Waals surface area contributed by atoms with E-state index in [9.17, 15) is 10.1 Å². The highest BCUT2D eigenvalue weighted by molar-refractivity contribution is 5.94. The van der Waals surface area contributed by atoms with Gasteiger partial charge in [0.2, 0.25) is 11.8 Å². The van der Waals surface area contributed by atoms with Crippen LogP contribution < -0.4 is 21.3 Å². The molecule has 10 heteroatoms. The molecule has 0 aliphatic rings. The van der Waals surface area contributed by atoms with Gasteiger partial charge in [-0.1, -0.05) is 30.3 Å². The van der Waals surface area contributed by atoms with Gasteiger partial charge < -0.3 is 15.8 Å². The number of anilines is 2. The highest BCUT2D eigenvalue weighted by Crippen LogP contribution is 2.30. The molecule has 0 aliphatic carbocycles. The second kappa shape index (κ2) is 9.99. The number of aryl methyl sites for hydroxylation is 1. The Hall–Kier alpha value is -5.30. The number of hydrogen-bond donors (Lipinski definition) is 2. The van der Waals surface area contributed by atoms with Gasteiger partial charge in [-0.2, -0.15) is 10.2 Å². The number of nitrogens with zero attached hydrogens (tertiary/aromatic N) is 6. The van der Waals surface area contributed by atoms with Crippen molar-refractivity contribution in [2.24, 2.45) is 0 Å². The molecule has 38 heavy (non-hydrogen) atoms. The van der Waals surface area contributed by atoms with Gasteiger partial charge in [0.25, 0.3) is 5.56 Å². The van der Waals surface area contributed by atoms with Crippen molar-refractivity contribution in [3.8, 4) is 28.8 Å². The Morgan fingerprint density at radius 3 is 2.61 bits per heavy atom. The standard InChI is InChI=1S/C28H24N8O2/c1-16-21(15-29)25(35-28(30)33-16)32-17(2)26-34-22-11-7-10-20(18-12-13-31-23(14-18)38-3)24(22)27(37)36(26)19-8-5-4-6-9-19/h4-14,17H,1-3H3,(H3,30,32,33,35). The molecule has 0 spiro atoms. The molecule has 10 nitrogen and oxygen atoms in total. The first-order valence-corrected chi connectivity index (χ1v) is 11.8. The Morgan fingerprint density at radius 1 is 1.08 bits per heavy atom. The number of rotatable bonds is 6. The van der Waals surface area contributed by atoms with Crippen molar-refractivity contribution in [3.63, 3.8) is 0 Å². The molecule has 1 unspecified atom stereocenters. The van der Waals surface area contributed by atoms with Gasteiger partial charge in [0, 0.05) is 12.3 Å². The zero-order valence-corrected chi connectivity index (χ0v) is 21.0. The lowest BCUT2D eigenvalue weighted by Crippen LogP contribution is -2.28. The summed E-state index contributed by atoms with van der Waals surface area (Å²) in [6, 6.07) is 20.0. The van der Waals surface area contributed by atoms with Gasteiger partial charge in [0.15, 0.2) is 0 Å². The lowest BCUT2D eigenvalue weighted by Gasteiger charge is -2.21. The summed E-state index contributed by atoms with van der Waals surface area (Å²) in [4.78, 5) is 31.7. The molecule has 5 aromatic rings. The third kappa shape index (κ3) is 4.37. The molecule has 0 fully saturated rings. The summed E-state index contributed by atoms with van der Waals surface area (Å²) in [5, 5.41) is 13.4. The lowest BCUT2D eigenvalue weighted by atomic mass is 10.0. The number of nitrogen functional groups attached to an aromatic ring is 1. The van der Waals surface area contributed by atoms with Crippen LogP contribution in [0.15, 0.2) is 71.7 Å². The Balaban J connectivity index is 1.75. The zero-order valence-electron chi connectivity index (χ0n) is 21.0. The number of aromatic nitrogens is 5. The van der Waals surface area contributed by atoms with E-state index in [4.69, 9.17) is 15.5 Å². The van der Waals surface area contributed by atoms with E-state index in [0.717, 1.165) is 5.56 Å². The van der Waals surface area contributed by atoms with Crippen LogP contribution in [0.25, 0.3) is 27.7 Å². The fourth-order valence-electron chi connectivity index (χ4n) is 4.40. The summed E-state index contributed by atoms with van der Waals surface area (Å²) in [5.41, 5.74) is 9.01. The minimum absolute atomic E-state index is 0.0422. The topological polar surface area (TPSA) is 145 Å². The number of methoxy groups -OCH3 is 1. The number of fused-ring (bicyclic) bond motifs is 1. The second-order valence-corrected chi connectivity index (χ2v) is 8.60. The third-order valence-corrected chi connectivity index (χ3v) is 6.15. The highest BCUT2D eigenvalue weighted by atomic mass is 16.5. The first-order valence-electron chi connectivity index (χ1n) is 11.8. The molecule has 0 radical (unpaired) electrons. The molecule has 0 saturated heterocycles. The van der Waals surface area contributed by atoms with E-state index in [0.29, 0.717) is 39.6 Å². The summed E-state index contributed by atoms with van der Waals surface area (Å²) < 4.78 is 6.87. The van der Waals surface area contributed by atoms with Crippen LogP contribution in [0.5, 0.6) is 5.88 Å². The van der Waals surface area contributed by atoms with Crippen molar-refractivity contribution in [2.45, 2.75) is 19.9 Å². The minimum Gasteiger partial charge on any atom is -0.481 e. The molecular weight excluding hydrogens is 480 g/mol. The molecule has 3 aromatic heterocycles. The van der Waals surface area contributed by atoms with Gasteiger partial charge in [-0.25, -0.2) is 15.0 Å². The fourth-order valence-corrected chi connectivity index (χ4v) is 4.40. The predicted octanol–water partition coefficient (Wildman–Crippen LogP) is 4.18. The zero-order chi connectivity index (χ0) is 26.8. The summed E-state index contributed by atoms with van der Waals surface area (Å²) in [6.07, 6.45) is 1.64. The van der Waals surface area contributed by atoms with Crippen LogP contribution in [-0.2, 0) is 0 Å². The number of hydrogen-bond acceptors (Lipinski definition) is 9. The van der Waals surface area contributed by atoms with Gasteiger partial charge in [-0.05, 0) is 49.2 Å². The van der Waals surface area contributed by atoms with E-state index in [1.807, 2.05) is 55.5 Å². The van der Waals surface area contributed by atoms with Crippen molar-refractivity contribution >= 4 is 22.7 Å². The monoisotopic (exact) mass is 504 g/mol. The lowest BCUT2D eigenvalue weighted by molar-refractivity contribution is 0.398. The van der Waals surface area contributed by atoms with Crippen LogP contribution in [0.4, 0.5) is 11.8 Å². The van der Waals surface area contributed by atoms with E-state index < -0.39 is 6.04 Å². The Bertz CT molecular complexity index is 1760. The normalized spacial score (nSPS) is 11.6. The number of nitriles is 1. The van der Waals surface area contributed by atoms with Gasteiger partial charge in [-0.3, -0.25) is 9.36 Å². The van der Waals surface area contributed by atoms with Gasteiger partial charge in [0.1, 0.15) is 23.3 Å². The van der Waals surface area contributed by atoms with Crippen molar-refractivity contribution in [3.05, 3.63) is 94.3 Å². The van der Waals surface area contributed by atoms with E-state index in [2.05, 4.69) is 26.3 Å². The highest BCUT2D eigenvalue weighted by Gasteiger charge is 2.22. The maximum absolute atomic E-state index is 14.2. The number of pyridine rings is 1. The maximum atomic E-state index is 14.2. The van der Waals surface area contributed by atoms with Crippen molar-refractivity contribution in [2.75, 3.05) is 18.2 Å². The number of ether oxygens (including phenoxy) is 1. The molecule has 188 valence electrons. The van der Waals surface area contributed by atoms with E-state index >= 15 is 0 Å². The molecule has 0 saturated carbocycles. The molecule has 3 N–H and O–H groups in total. The van der Waals surface area contributed by atoms with Gasteiger partial charge in [0.05, 0.1) is 35.4 Å². The second-order valence-electron chi connectivity index (χ2n) is 8.60. The molecule has 3 heterocycles. The number of nitrogens with two attached hydrogens (primary N) is 1. The fraction of sp³-hybridized carbons (Fsp3) is 0.143. The number of nitrogens with one attached hydrogen (secondary N) is 1. The van der Waals surface area contributed by atoms with Crippen molar-refractivity contribution in [1.29, 1.82) is 5.26 Å². The van der Waals surface area contributed by atoms with Crippen molar-refractivity contribution < 1.29 is 4.74 Å². The van der Waals surface area contributed by atoms with Crippen LogP contribution >= 0.6 is 0 Å². The molecule has 1 atom stereocenters. The summed E-state index contributed by atoms with van der Waals surface area (Å²) in [5.74, 6) is 1.20. The Labute approximate surface area is 218 Å². The predicted molar refractivity (Wildman–Crippen MR) is 145 cm³/mol. The van der Waals surface area contributed by atoms with Gasteiger partial charge in [-0.15, -0.1) is 0 Å². The van der Waals surface area contributed by atoms with E-state index in [1.165, 1.54) is 0 Å². The van der Waals surface area contributed by atoms with Crippen LogP contribution in [-0.4, -0.2) is 31.6 Å². The Kier molecular flexibility index (Phi) is 6.41. The SMILES string of the molecule is COc1cc(-c2cccc3nc(C(C)Nc4nc(N)nc(C)c4C#N)n(-c4ccccc4)c(=O)c23)ccn1. The van der Waals surface area contributed by atoms with Gasteiger partial charge >= 0.3 is 0 Å². The average Bonchev–Trinajstić information content (AvgIpc) is 2.93. The molecule has 0 aliphatic heterocycles. The number of benzene rings is 2. The van der Waals surface area contributed by atoms with Crippen LogP contribution in [0.3, 0.4) is 0 Å². The largest absolute Gasteiger partial charge is 0.481 e. The molecular formula is C28H24N8O2. The van der Waals surface area contributed by atoms with Crippen molar-refractivity contribution in [1.82, 2.24) is 24.5 Å². The maximum Gasteiger partial charge on any atom is 0.266 e. The van der Waals surface area contributed by atoms with Crippen LogP contribution in [0, 0.1) is 18.3 Å². The quantitative estimate of drug-likeness (QED) is 0.348. The summed E-state index contributed by atoms with van der Waals surface area (Å²) >= 11 is 0. The van der Waals surface area contributed by atoms with E-state index in [1.54, 1.807) is 36.9 Å². The molecule has 0 amide bonds. The minimum atomic E-state index is -0.530. The molecule has 0 bridgehead atoms. The summed E-state index contributed by atoms with van der Waals surface area (Å²) in [7, 11) is 1.55. The van der Waals surface area contributed by atoms with Crippen LogP contribution in [0.2, 0.25) is 0 Å². The van der Waals surface area contributed by atoms with Crippen LogP contribution in [0.1, 0.15) is 30.0 Å². The third-order valence-electron chi connectivity index (χ3n) is 6.15. The van der Waals surface area contributed by atoms with E-state index in [-0.39, 0.29) is 22.9 Å². The Morgan fingerprint density at radius 2 is 1.87 bits per heavy atom. The summed E-state index contributed by atoms with van der Waals surface area (Å²) in [6.45, 7) is 3.54. The molecule has 2 aromatic carbocycles. The smallest absolute Gasteiger partial charge is 0.266 e. The first-order chi connectivity index (χ1) is 18.4. The first kappa shape index (κ1) is 24.4.